The highest BCUT2D eigenvalue weighted by atomic mass is 32.2. The van der Waals surface area contributed by atoms with Crippen LogP contribution in [0.3, 0.4) is 0 Å². The zero-order valence-electron chi connectivity index (χ0n) is 22.9. The van der Waals surface area contributed by atoms with Gasteiger partial charge < -0.3 is 24.4 Å². The number of hydrogen-bond donors (Lipinski definition) is 1. The van der Waals surface area contributed by atoms with E-state index in [-0.39, 0.29) is 29.9 Å². The van der Waals surface area contributed by atoms with E-state index in [4.69, 9.17) is 14.2 Å². The number of sulfonamides is 1. The standard InChI is InChI=1S/C28H39N3O7S/c1-4-5-6-15-29-28(33)22(2)31(20-23-7-9-24(36-3)10-8-23)27(32)21-38-25-11-13-26(14-12-25)39(34,35)30-16-18-37-19-17-30/h7-14,22H,4-6,15-21H2,1-3H3,(H,29,33)/t22-/m1/s1. The summed E-state index contributed by atoms with van der Waals surface area (Å²) in [5, 5.41) is 2.92. The van der Waals surface area contributed by atoms with Gasteiger partial charge in [-0.05, 0) is 55.3 Å². The lowest BCUT2D eigenvalue weighted by Crippen LogP contribution is -2.49. The van der Waals surface area contributed by atoms with Crippen LogP contribution in [0.2, 0.25) is 0 Å². The lowest BCUT2D eigenvalue weighted by Gasteiger charge is -2.29. The summed E-state index contributed by atoms with van der Waals surface area (Å²) in [5.74, 6) is 0.448. The minimum absolute atomic E-state index is 0.151. The molecule has 11 heteroatoms. The Morgan fingerprint density at radius 3 is 2.28 bits per heavy atom. The van der Waals surface area contributed by atoms with E-state index in [1.165, 1.54) is 33.5 Å². The van der Waals surface area contributed by atoms with Gasteiger partial charge in [0.15, 0.2) is 6.61 Å². The fourth-order valence-electron chi connectivity index (χ4n) is 4.12. The zero-order valence-corrected chi connectivity index (χ0v) is 23.7. The molecule has 1 aliphatic heterocycles. The van der Waals surface area contributed by atoms with Crippen molar-refractivity contribution < 1.29 is 32.2 Å². The number of benzene rings is 2. The Bertz CT molecular complexity index is 1160. The van der Waals surface area contributed by atoms with Crippen molar-refractivity contribution in [1.82, 2.24) is 14.5 Å². The third-order valence-electron chi connectivity index (χ3n) is 6.55. The molecule has 2 aromatic carbocycles. The SMILES string of the molecule is CCCCCNC(=O)[C@@H](C)N(Cc1ccc(OC)cc1)C(=O)COc1ccc(S(=O)(=O)N2CCOCC2)cc1. The number of morpholine rings is 1. The van der Waals surface area contributed by atoms with Crippen LogP contribution < -0.4 is 14.8 Å². The topological polar surface area (TPSA) is 114 Å². The number of unbranched alkanes of at least 4 members (excludes halogenated alkanes) is 2. The maximum absolute atomic E-state index is 13.3. The third-order valence-corrected chi connectivity index (χ3v) is 8.47. The number of hydrogen-bond acceptors (Lipinski definition) is 7. The van der Waals surface area contributed by atoms with Gasteiger partial charge in [-0.3, -0.25) is 9.59 Å². The van der Waals surface area contributed by atoms with E-state index < -0.39 is 16.1 Å². The van der Waals surface area contributed by atoms with Crippen molar-refractivity contribution in [1.29, 1.82) is 0 Å². The molecule has 0 aliphatic carbocycles. The predicted molar refractivity (Wildman–Crippen MR) is 147 cm³/mol. The van der Waals surface area contributed by atoms with Gasteiger partial charge in [-0.25, -0.2) is 8.42 Å². The van der Waals surface area contributed by atoms with Gasteiger partial charge in [0.2, 0.25) is 15.9 Å². The van der Waals surface area contributed by atoms with E-state index in [0.717, 1.165) is 24.8 Å². The number of carbonyl (C=O) groups excluding carboxylic acids is 2. The van der Waals surface area contributed by atoms with Crippen molar-refractivity contribution in [2.45, 2.75) is 50.6 Å². The Morgan fingerprint density at radius 1 is 1.03 bits per heavy atom. The summed E-state index contributed by atoms with van der Waals surface area (Å²) < 4.78 is 43.2. The van der Waals surface area contributed by atoms with Gasteiger partial charge in [0.1, 0.15) is 17.5 Å². The summed E-state index contributed by atoms with van der Waals surface area (Å²) in [6.07, 6.45) is 2.94. The van der Waals surface area contributed by atoms with Crippen LogP contribution >= 0.6 is 0 Å². The number of nitrogens with zero attached hydrogens (tertiary/aromatic N) is 2. The molecule has 10 nitrogen and oxygen atoms in total. The summed E-state index contributed by atoms with van der Waals surface area (Å²) >= 11 is 0. The fourth-order valence-corrected chi connectivity index (χ4v) is 5.52. The Morgan fingerprint density at radius 2 is 1.67 bits per heavy atom. The monoisotopic (exact) mass is 561 g/mol. The van der Waals surface area contributed by atoms with Crippen LogP contribution in [0.15, 0.2) is 53.4 Å². The molecule has 1 aliphatic rings. The van der Waals surface area contributed by atoms with Crippen LogP contribution in [0.4, 0.5) is 0 Å². The van der Waals surface area contributed by atoms with Gasteiger partial charge in [-0.1, -0.05) is 31.9 Å². The Labute approximate surface area is 231 Å². The van der Waals surface area contributed by atoms with Crippen molar-refractivity contribution in [3.05, 3.63) is 54.1 Å². The van der Waals surface area contributed by atoms with Gasteiger partial charge in [0.05, 0.1) is 25.2 Å². The molecule has 1 N–H and O–H groups in total. The number of ether oxygens (including phenoxy) is 3. The smallest absolute Gasteiger partial charge is 0.261 e. The first-order valence-electron chi connectivity index (χ1n) is 13.3. The van der Waals surface area contributed by atoms with Gasteiger partial charge in [0.25, 0.3) is 5.91 Å². The average Bonchev–Trinajstić information content (AvgIpc) is 2.97. The summed E-state index contributed by atoms with van der Waals surface area (Å²) in [7, 11) is -2.05. The first kappa shape index (κ1) is 30.4. The molecule has 2 aromatic rings. The molecule has 0 bridgehead atoms. The summed E-state index contributed by atoms with van der Waals surface area (Å²) in [5.41, 5.74) is 0.840. The number of amides is 2. The molecular formula is C28H39N3O7S. The van der Waals surface area contributed by atoms with Crippen LogP contribution in [-0.2, 0) is 30.9 Å². The molecule has 1 saturated heterocycles. The first-order valence-corrected chi connectivity index (χ1v) is 14.7. The molecule has 0 radical (unpaired) electrons. The molecule has 214 valence electrons. The van der Waals surface area contributed by atoms with Crippen LogP contribution in [0, 0.1) is 0 Å². The van der Waals surface area contributed by atoms with E-state index in [1.54, 1.807) is 26.2 Å². The second-order valence-electron chi connectivity index (χ2n) is 9.32. The van der Waals surface area contributed by atoms with Gasteiger partial charge >= 0.3 is 0 Å². The maximum atomic E-state index is 13.3. The van der Waals surface area contributed by atoms with Crippen LogP contribution in [0.5, 0.6) is 11.5 Å². The quantitative estimate of drug-likeness (QED) is 0.353. The summed E-state index contributed by atoms with van der Waals surface area (Å²) in [6, 6.07) is 12.6. The fraction of sp³-hybridized carbons (Fsp3) is 0.500. The van der Waals surface area contributed by atoms with Crippen LogP contribution in [0.1, 0.15) is 38.7 Å². The van der Waals surface area contributed by atoms with Crippen molar-refractivity contribution in [2.75, 3.05) is 46.6 Å². The predicted octanol–water partition coefficient (Wildman–Crippen LogP) is 2.82. The van der Waals surface area contributed by atoms with Crippen LogP contribution in [-0.4, -0.2) is 82.0 Å². The second kappa shape index (κ2) is 14.9. The average molecular weight is 562 g/mol. The molecule has 39 heavy (non-hydrogen) atoms. The molecule has 1 heterocycles. The molecule has 0 unspecified atom stereocenters. The van der Waals surface area contributed by atoms with Gasteiger partial charge in [-0.15, -0.1) is 0 Å². The minimum Gasteiger partial charge on any atom is -0.497 e. The van der Waals surface area contributed by atoms with Crippen molar-refractivity contribution in [2.24, 2.45) is 0 Å². The van der Waals surface area contributed by atoms with Crippen molar-refractivity contribution >= 4 is 21.8 Å². The lowest BCUT2D eigenvalue weighted by molar-refractivity contribution is -0.142. The Balaban J connectivity index is 1.66. The zero-order chi connectivity index (χ0) is 28.3. The molecule has 3 rings (SSSR count). The maximum Gasteiger partial charge on any atom is 0.261 e. The van der Waals surface area contributed by atoms with Crippen molar-refractivity contribution in [3.8, 4) is 11.5 Å². The molecule has 1 atom stereocenters. The number of rotatable bonds is 14. The molecule has 1 fully saturated rings. The molecular weight excluding hydrogens is 522 g/mol. The molecule has 0 aromatic heterocycles. The third kappa shape index (κ3) is 8.67. The largest absolute Gasteiger partial charge is 0.497 e. The highest BCUT2D eigenvalue weighted by molar-refractivity contribution is 7.89. The Kier molecular flexibility index (Phi) is 11.6. The van der Waals surface area contributed by atoms with E-state index in [1.807, 2.05) is 12.1 Å². The lowest BCUT2D eigenvalue weighted by atomic mass is 10.1. The number of methoxy groups -OCH3 is 1. The molecule has 0 saturated carbocycles. The van der Waals surface area contributed by atoms with E-state index >= 15 is 0 Å². The normalized spacial score (nSPS) is 14.8. The first-order chi connectivity index (χ1) is 18.8. The summed E-state index contributed by atoms with van der Waals surface area (Å²) in [6.45, 7) is 5.60. The van der Waals surface area contributed by atoms with Gasteiger partial charge in [0, 0.05) is 26.2 Å². The molecule has 0 spiro atoms. The second-order valence-corrected chi connectivity index (χ2v) is 11.3. The van der Waals surface area contributed by atoms with Crippen molar-refractivity contribution in [3.63, 3.8) is 0 Å². The van der Waals surface area contributed by atoms with E-state index in [9.17, 15) is 18.0 Å². The minimum atomic E-state index is -3.63. The van der Waals surface area contributed by atoms with E-state index in [2.05, 4.69) is 12.2 Å². The van der Waals surface area contributed by atoms with E-state index in [0.29, 0.717) is 44.3 Å². The highest BCUT2D eigenvalue weighted by Gasteiger charge is 2.28. The highest BCUT2D eigenvalue weighted by Crippen LogP contribution is 2.21. The van der Waals surface area contributed by atoms with Crippen LogP contribution in [0.25, 0.3) is 0 Å². The number of carbonyl (C=O) groups is 2. The Hall–Kier alpha value is -3.15. The summed E-state index contributed by atoms with van der Waals surface area (Å²) in [4.78, 5) is 27.8. The van der Waals surface area contributed by atoms with Gasteiger partial charge in [-0.2, -0.15) is 4.31 Å². The molecule has 2 amide bonds. The number of nitrogens with one attached hydrogen (secondary N) is 1.